The summed E-state index contributed by atoms with van der Waals surface area (Å²) >= 11 is 0. The molecule has 0 aromatic rings. The zero-order valence-electron chi connectivity index (χ0n) is 25.0. The Labute approximate surface area is 249 Å². The fourth-order valence-electron chi connectivity index (χ4n) is 5.21. The maximum atomic E-state index is 12.4. The molecule has 7 N–H and O–H groups in total. The summed E-state index contributed by atoms with van der Waals surface area (Å²) in [6.07, 6.45) is 6.23. The number of hydrogen-bond acceptors (Lipinski definition) is 12. The highest BCUT2D eigenvalue weighted by atomic mass is 16.8. The Balaban J connectivity index is 1.72. The molecule has 12 nitrogen and oxygen atoms in total. The minimum atomic E-state index is -2.25. The first kappa shape index (κ1) is 37.0. The van der Waals surface area contributed by atoms with Gasteiger partial charge in [-0.1, -0.05) is 70.4 Å². The van der Waals surface area contributed by atoms with Crippen molar-refractivity contribution in [1.82, 2.24) is 0 Å². The fraction of sp³-hybridized carbons (Fsp3) is 0.900. The van der Waals surface area contributed by atoms with Crippen LogP contribution in [0.25, 0.3) is 0 Å². The van der Waals surface area contributed by atoms with Crippen LogP contribution in [-0.4, -0.2) is 116 Å². The molecular weight excluding hydrogens is 552 g/mol. The molecule has 0 amide bonds. The number of aliphatic hydroxyl groups is 7. The second kappa shape index (κ2) is 20.0. The van der Waals surface area contributed by atoms with E-state index in [2.05, 4.69) is 19.1 Å². The van der Waals surface area contributed by atoms with E-state index in [-0.39, 0.29) is 6.42 Å². The third kappa shape index (κ3) is 11.4. The molecule has 246 valence electrons. The molecule has 42 heavy (non-hydrogen) atoms. The number of unbranched alkanes of at least 4 members (excludes halogenated alkanes) is 11. The lowest BCUT2D eigenvalue weighted by Gasteiger charge is -2.43. The molecule has 2 aliphatic heterocycles. The first-order valence-electron chi connectivity index (χ1n) is 15.6. The van der Waals surface area contributed by atoms with E-state index >= 15 is 0 Å². The summed E-state index contributed by atoms with van der Waals surface area (Å²) in [5.41, 5.74) is 0. The molecule has 0 aromatic heterocycles. The van der Waals surface area contributed by atoms with Gasteiger partial charge in [-0.05, 0) is 32.1 Å². The third-order valence-corrected chi connectivity index (χ3v) is 7.93. The number of carbonyl (C=O) groups excluding carboxylic acids is 1. The van der Waals surface area contributed by atoms with Crippen LogP contribution >= 0.6 is 0 Å². The van der Waals surface area contributed by atoms with Crippen LogP contribution in [0.3, 0.4) is 0 Å². The molecule has 0 bridgehead atoms. The van der Waals surface area contributed by atoms with Crippen molar-refractivity contribution in [2.75, 3.05) is 19.8 Å². The van der Waals surface area contributed by atoms with Crippen molar-refractivity contribution in [3.8, 4) is 0 Å². The highest BCUT2D eigenvalue weighted by Gasteiger charge is 2.59. The number of esters is 1. The van der Waals surface area contributed by atoms with Crippen molar-refractivity contribution in [3.63, 3.8) is 0 Å². The minimum absolute atomic E-state index is 0.108. The predicted octanol–water partition coefficient (Wildman–Crippen LogP) is 1.19. The van der Waals surface area contributed by atoms with Gasteiger partial charge < -0.3 is 54.7 Å². The quantitative estimate of drug-likeness (QED) is 0.0561. The Morgan fingerprint density at radius 2 is 1.31 bits per heavy atom. The van der Waals surface area contributed by atoms with E-state index in [0.717, 1.165) is 38.5 Å². The van der Waals surface area contributed by atoms with Crippen LogP contribution in [0.5, 0.6) is 0 Å². The lowest BCUT2D eigenvalue weighted by molar-refractivity contribution is -0.383. The monoisotopic (exact) mass is 606 g/mol. The molecule has 2 saturated heterocycles. The van der Waals surface area contributed by atoms with Crippen molar-refractivity contribution in [3.05, 3.63) is 12.2 Å². The van der Waals surface area contributed by atoms with Crippen LogP contribution in [-0.2, 0) is 23.7 Å². The summed E-state index contributed by atoms with van der Waals surface area (Å²) in [5.74, 6) is -2.85. The van der Waals surface area contributed by atoms with Crippen LogP contribution in [0.2, 0.25) is 0 Å². The van der Waals surface area contributed by atoms with Crippen molar-refractivity contribution >= 4 is 5.97 Å². The Hall–Kier alpha value is -1.19. The number of ether oxygens (including phenoxy) is 4. The smallest absolute Gasteiger partial charge is 0.305 e. The number of aliphatic hydroxyl groups excluding tert-OH is 7. The largest absolute Gasteiger partial charge is 0.460 e. The molecule has 2 rings (SSSR count). The maximum absolute atomic E-state index is 12.4. The summed E-state index contributed by atoms with van der Waals surface area (Å²) < 4.78 is 21.8. The van der Waals surface area contributed by atoms with Gasteiger partial charge in [-0.25, -0.2) is 0 Å². The topological polar surface area (TPSA) is 196 Å². The lowest BCUT2D eigenvalue weighted by atomic mass is 9.99. The second-order valence-corrected chi connectivity index (χ2v) is 11.4. The van der Waals surface area contributed by atoms with Gasteiger partial charge in [-0.15, -0.1) is 0 Å². The Morgan fingerprint density at radius 3 is 1.88 bits per heavy atom. The average molecular weight is 607 g/mol. The normalized spacial score (nSPS) is 33.4. The molecule has 2 fully saturated rings. The first-order valence-corrected chi connectivity index (χ1v) is 15.6. The Morgan fingerprint density at radius 1 is 0.738 bits per heavy atom. The number of rotatable bonds is 21. The number of carbonyl (C=O) groups is 1. The first-order chi connectivity index (χ1) is 20.2. The molecule has 9 atom stereocenters. The van der Waals surface area contributed by atoms with Gasteiger partial charge in [-0.3, -0.25) is 4.79 Å². The van der Waals surface area contributed by atoms with Gasteiger partial charge in [0.2, 0.25) is 5.79 Å². The van der Waals surface area contributed by atoms with Crippen LogP contribution in [0.4, 0.5) is 0 Å². The minimum Gasteiger partial charge on any atom is -0.460 e. The zero-order valence-corrected chi connectivity index (χ0v) is 25.0. The summed E-state index contributed by atoms with van der Waals surface area (Å²) in [7, 11) is 0. The highest BCUT2D eigenvalue weighted by Crippen LogP contribution is 2.36. The standard InChI is InChI=1S/C30H54O12/c1-2-3-4-5-6-7-8-9-10-11-12-13-14-15-16-17-23(33)39-20-30(28(38)25(35)22(19-32)41-30)42-29-27(37)26(36)24(34)21(18-31)40-29/h9-10,21-22,24-29,31-32,34-38H,2-8,11-20H2,1H3/b10-9+/t21-,22-,24-,25-,26+,27-,28+,29-,30+/m1/s1. The zero-order chi connectivity index (χ0) is 31.0. The van der Waals surface area contributed by atoms with Crippen LogP contribution in [0, 0.1) is 0 Å². The summed E-state index contributed by atoms with van der Waals surface area (Å²) in [5, 5.41) is 70.4. The highest BCUT2D eigenvalue weighted by molar-refractivity contribution is 5.69. The van der Waals surface area contributed by atoms with Gasteiger partial charge in [-0.2, -0.15) is 0 Å². The van der Waals surface area contributed by atoms with E-state index in [0.29, 0.717) is 6.42 Å². The maximum Gasteiger partial charge on any atom is 0.305 e. The van der Waals surface area contributed by atoms with Gasteiger partial charge in [0.25, 0.3) is 0 Å². The number of allylic oxidation sites excluding steroid dienone is 2. The van der Waals surface area contributed by atoms with Gasteiger partial charge in [0.1, 0.15) is 49.3 Å². The average Bonchev–Trinajstić information content (AvgIpc) is 3.23. The van der Waals surface area contributed by atoms with E-state index in [1.54, 1.807) is 0 Å². The van der Waals surface area contributed by atoms with Crippen LogP contribution < -0.4 is 0 Å². The predicted molar refractivity (Wildman–Crippen MR) is 152 cm³/mol. The molecule has 2 aliphatic rings. The molecule has 12 heteroatoms. The van der Waals surface area contributed by atoms with Crippen LogP contribution in [0.1, 0.15) is 96.8 Å². The van der Waals surface area contributed by atoms with E-state index < -0.39 is 80.6 Å². The molecule has 0 radical (unpaired) electrons. The van der Waals surface area contributed by atoms with E-state index in [1.807, 2.05) is 0 Å². The molecule has 0 spiro atoms. The lowest BCUT2D eigenvalue weighted by Crippen LogP contribution is -2.62. The van der Waals surface area contributed by atoms with Crippen molar-refractivity contribution in [2.45, 2.75) is 152 Å². The molecule has 2 heterocycles. The van der Waals surface area contributed by atoms with Crippen LogP contribution in [0.15, 0.2) is 12.2 Å². The van der Waals surface area contributed by atoms with Gasteiger partial charge in [0, 0.05) is 6.42 Å². The fourth-order valence-corrected chi connectivity index (χ4v) is 5.21. The van der Waals surface area contributed by atoms with Crippen molar-refractivity contribution in [1.29, 1.82) is 0 Å². The molecular formula is C30H54O12. The molecule has 0 saturated carbocycles. The van der Waals surface area contributed by atoms with Crippen molar-refractivity contribution < 1.29 is 59.5 Å². The summed E-state index contributed by atoms with van der Waals surface area (Å²) in [4.78, 5) is 12.4. The van der Waals surface area contributed by atoms with Gasteiger partial charge >= 0.3 is 5.97 Å². The van der Waals surface area contributed by atoms with Crippen molar-refractivity contribution in [2.24, 2.45) is 0 Å². The second-order valence-electron chi connectivity index (χ2n) is 11.4. The summed E-state index contributed by atoms with van der Waals surface area (Å²) in [6.45, 7) is 0.111. The van der Waals surface area contributed by atoms with Gasteiger partial charge in [0.15, 0.2) is 6.29 Å². The summed E-state index contributed by atoms with van der Waals surface area (Å²) in [6, 6.07) is 0. The van der Waals surface area contributed by atoms with Gasteiger partial charge in [0.05, 0.1) is 13.2 Å². The molecule has 0 unspecified atom stereocenters. The van der Waals surface area contributed by atoms with E-state index in [1.165, 1.54) is 38.5 Å². The molecule has 0 aromatic carbocycles. The van der Waals surface area contributed by atoms with E-state index in [4.69, 9.17) is 18.9 Å². The Bertz CT molecular complexity index is 765. The third-order valence-electron chi connectivity index (χ3n) is 7.93. The van der Waals surface area contributed by atoms with E-state index in [9.17, 15) is 40.5 Å². The number of hydrogen-bond donors (Lipinski definition) is 7. The Kier molecular flexibility index (Phi) is 17.6. The molecule has 0 aliphatic carbocycles. The SMILES string of the molecule is CCCCCCCC/C=C/CCCCCCCC(=O)OC[C@@]1(O[C@H]2O[C@H](CO)[C@@H](O)[C@H](O)[C@H]2O)O[C@H](CO)[C@@H](O)[C@@H]1O.